The van der Waals surface area contributed by atoms with E-state index in [4.69, 9.17) is 4.74 Å². The minimum absolute atomic E-state index is 0.00327. The van der Waals surface area contributed by atoms with Gasteiger partial charge >= 0.3 is 0 Å². The molecule has 1 fully saturated rings. The number of rotatable bonds is 4. The maximum absolute atomic E-state index is 13.1. The Kier molecular flexibility index (Phi) is 5.37. The van der Waals surface area contributed by atoms with Gasteiger partial charge in [0.25, 0.3) is 0 Å². The third-order valence-electron chi connectivity index (χ3n) is 5.38. The fourth-order valence-electron chi connectivity index (χ4n) is 3.88. The molecule has 2 aliphatic rings. The summed E-state index contributed by atoms with van der Waals surface area (Å²) in [4.78, 5) is 14.9. The Morgan fingerprint density at radius 1 is 0.964 bits per heavy atom. The molecule has 2 aromatic rings. The summed E-state index contributed by atoms with van der Waals surface area (Å²) in [5.41, 5.74) is 1.59. The Balaban J connectivity index is 1.40. The zero-order valence-electron chi connectivity index (χ0n) is 15.7. The third-order valence-corrected chi connectivity index (χ3v) is 7.23. The average molecular weight is 401 g/mol. The molecule has 0 atom stereocenters. The molecule has 6 nitrogen and oxygen atoms in total. The summed E-state index contributed by atoms with van der Waals surface area (Å²) in [6, 6.07) is 16.8. The highest BCUT2D eigenvalue weighted by molar-refractivity contribution is 7.88. The van der Waals surface area contributed by atoms with Gasteiger partial charge in [-0.1, -0.05) is 42.5 Å². The van der Waals surface area contributed by atoms with E-state index in [0.717, 1.165) is 17.0 Å². The molecule has 0 radical (unpaired) electrons. The molecule has 1 saturated heterocycles. The van der Waals surface area contributed by atoms with Crippen LogP contribution in [-0.4, -0.2) is 44.9 Å². The van der Waals surface area contributed by atoms with Crippen LogP contribution < -0.4 is 9.64 Å². The van der Waals surface area contributed by atoms with Crippen LogP contribution in [-0.2, 0) is 20.6 Å². The highest BCUT2D eigenvalue weighted by atomic mass is 32.2. The lowest BCUT2D eigenvalue weighted by molar-refractivity contribution is -0.123. The van der Waals surface area contributed by atoms with Gasteiger partial charge in [0.15, 0.2) is 0 Å². The summed E-state index contributed by atoms with van der Waals surface area (Å²) in [5, 5.41) is 0. The molecule has 2 heterocycles. The number of sulfonamides is 1. The predicted octanol–water partition coefficient (Wildman–Crippen LogP) is 2.65. The molecule has 1 amide bonds. The summed E-state index contributed by atoms with van der Waals surface area (Å²) in [6.45, 7) is 1.78. The van der Waals surface area contributed by atoms with Gasteiger partial charge in [-0.15, -0.1) is 0 Å². The second-order valence-electron chi connectivity index (χ2n) is 7.22. The summed E-state index contributed by atoms with van der Waals surface area (Å²) < 4.78 is 32.6. The number of hydrogen-bond donors (Lipinski definition) is 0. The van der Waals surface area contributed by atoms with Crippen molar-refractivity contribution in [1.29, 1.82) is 0 Å². The van der Waals surface area contributed by atoms with Crippen LogP contribution in [0.4, 0.5) is 5.69 Å². The van der Waals surface area contributed by atoms with Crippen molar-refractivity contribution in [3.8, 4) is 5.75 Å². The zero-order chi connectivity index (χ0) is 19.6. The van der Waals surface area contributed by atoms with Crippen LogP contribution in [0.3, 0.4) is 0 Å². The number of carbonyl (C=O) groups excluding carboxylic acids is 1. The smallest absolute Gasteiger partial charge is 0.230 e. The second kappa shape index (κ2) is 7.93. The molecule has 148 valence electrons. The van der Waals surface area contributed by atoms with E-state index in [-0.39, 0.29) is 17.6 Å². The molecular weight excluding hydrogens is 376 g/mol. The molecule has 0 N–H and O–H groups in total. The molecule has 0 aliphatic carbocycles. The lowest BCUT2D eigenvalue weighted by atomic mass is 9.96. The van der Waals surface area contributed by atoms with Crippen molar-refractivity contribution >= 4 is 21.6 Å². The van der Waals surface area contributed by atoms with Gasteiger partial charge in [0, 0.05) is 19.0 Å². The van der Waals surface area contributed by atoms with Gasteiger partial charge in [0.05, 0.1) is 18.0 Å². The molecular formula is C21H24N2O4S. The maximum Gasteiger partial charge on any atom is 0.230 e. The van der Waals surface area contributed by atoms with Gasteiger partial charge < -0.3 is 9.64 Å². The van der Waals surface area contributed by atoms with Gasteiger partial charge in [0.2, 0.25) is 15.9 Å². The molecule has 0 aromatic heterocycles. The van der Waals surface area contributed by atoms with E-state index in [0.29, 0.717) is 39.1 Å². The highest BCUT2D eigenvalue weighted by Gasteiger charge is 2.34. The van der Waals surface area contributed by atoms with Crippen LogP contribution in [0.15, 0.2) is 54.6 Å². The summed E-state index contributed by atoms with van der Waals surface area (Å²) >= 11 is 0. The van der Waals surface area contributed by atoms with Crippen LogP contribution >= 0.6 is 0 Å². The Labute approximate surface area is 165 Å². The third kappa shape index (κ3) is 3.91. The minimum atomic E-state index is -3.37. The van der Waals surface area contributed by atoms with E-state index in [1.54, 1.807) is 4.90 Å². The molecule has 0 spiro atoms. The van der Waals surface area contributed by atoms with Crippen molar-refractivity contribution in [3.05, 3.63) is 60.2 Å². The first kappa shape index (κ1) is 19.0. The van der Waals surface area contributed by atoms with E-state index in [2.05, 4.69) is 0 Å². The van der Waals surface area contributed by atoms with Crippen LogP contribution in [0.1, 0.15) is 18.4 Å². The fraction of sp³-hybridized carbons (Fsp3) is 0.381. The van der Waals surface area contributed by atoms with E-state index in [9.17, 15) is 13.2 Å². The van der Waals surface area contributed by atoms with Crippen molar-refractivity contribution in [2.45, 2.75) is 18.6 Å². The number of anilines is 1. The van der Waals surface area contributed by atoms with Crippen LogP contribution in [0, 0.1) is 5.92 Å². The second-order valence-corrected chi connectivity index (χ2v) is 9.19. The lowest BCUT2D eigenvalue weighted by Crippen LogP contribution is -2.46. The number of para-hydroxylation sites is 2. The highest BCUT2D eigenvalue weighted by Crippen LogP contribution is 2.33. The first-order chi connectivity index (χ1) is 13.5. The van der Waals surface area contributed by atoms with Crippen molar-refractivity contribution in [3.63, 3.8) is 0 Å². The predicted molar refractivity (Wildman–Crippen MR) is 108 cm³/mol. The average Bonchev–Trinajstić information content (AvgIpc) is 2.73. The molecule has 7 heteroatoms. The Hall–Kier alpha value is -2.38. The number of nitrogens with zero attached hydrogens (tertiary/aromatic N) is 2. The van der Waals surface area contributed by atoms with E-state index in [1.807, 2.05) is 54.6 Å². The summed E-state index contributed by atoms with van der Waals surface area (Å²) in [7, 11) is -3.37. The number of fused-ring (bicyclic) bond motifs is 1. The Morgan fingerprint density at radius 3 is 2.39 bits per heavy atom. The first-order valence-electron chi connectivity index (χ1n) is 9.59. The Morgan fingerprint density at radius 2 is 1.64 bits per heavy atom. The van der Waals surface area contributed by atoms with Gasteiger partial charge in [-0.25, -0.2) is 12.7 Å². The molecule has 0 saturated carbocycles. The van der Waals surface area contributed by atoms with Crippen LogP contribution in [0.2, 0.25) is 0 Å². The molecule has 4 rings (SSSR count). The minimum Gasteiger partial charge on any atom is -0.490 e. The van der Waals surface area contributed by atoms with E-state index >= 15 is 0 Å². The van der Waals surface area contributed by atoms with Gasteiger partial charge in [0.1, 0.15) is 12.4 Å². The number of ether oxygens (including phenoxy) is 1. The zero-order valence-corrected chi connectivity index (χ0v) is 16.5. The molecule has 0 bridgehead atoms. The lowest BCUT2D eigenvalue weighted by Gasteiger charge is -2.35. The van der Waals surface area contributed by atoms with E-state index in [1.165, 1.54) is 4.31 Å². The fourth-order valence-corrected chi connectivity index (χ4v) is 5.44. The van der Waals surface area contributed by atoms with Gasteiger partial charge in [-0.3, -0.25) is 4.79 Å². The molecule has 2 aliphatic heterocycles. The monoisotopic (exact) mass is 400 g/mol. The summed E-state index contributed by atoms with van der Waals surface area (Å²) in [5.74, 6) is 0.638. The van der Waals surface area contributed by atoms with Crippen LogP contribution in [0.5, 0.6) is 5.75 Å². The standard InChI is InChI=1S/C21H24N2O4S/c24-21(23-14-15-27-20-9-5-4-8-19(20)23)18-10-12-22(13-11-18)28(25,26)16-17-6-2-1-3-7-17/h1-9,18H,10-16H2. The summed E-state index contributed by atoms with van der Waals surface area (Å²) in [6.07, 6.45) is 1.10. The van der Waals surface area contributed by atoms with Gasteiger partial charge in [-0.05, 0) is 30.5 Å². The van der Waals surface area contributed by atoms with Gasteiger partial charge in [-0.2, -0.15) is 0 Å². The number of amides is 1. The van der Waals surface area contributed by atoms with Crippen molar-refractivity contribution in [2.75, 3.05) is 31.1 Å². The van der Waals surface area contributed by atoms with Crippen molar-refractivity contribution in [2.24, 2.45) is 5.92 Å². The number of carbonyl (C=O) groups is 1. The largest absolute Gasteiger partial charge is 0.490 e. The van der Waals surface area contributed by atoms with E-state index < -0.39 is 10.0 Å². The molecule has 28 heavy (non-hydrogen) atoms. The Bertz CT molecular complexity index is 938. The topological polar surface area (TPSA) is 66.9 Å². The number of piperidine rings is 1. The first-order valence-corrected chi connectivity index (χ1v) is 11.2. The molecule has 0 unspecified atom stereocenters. The number of benzene rings is 2. The normalized spacial score (nSPS) is 18.4. The van der Waals surface area contributed by atoms with Crippen molar-refractivity contribution in [1.82, 2.24) is 4.31 Å². The van der Waals surface area contributed by atoms with Crippen molar-refractivity contribution < 1.29 is 17.9 Å². The molecule has 2 aromatic carbocycles. The number of hydrogen-bond acceptors (Lipinski definition) is 4. The quantitative estimate of drug-likeness (QED) is 0.791. The SMILES string of the molecule is O=C(C1CCN(S(=O)(=O)Cc2ccccc2)CC1)N1CCOc2ccccc21. The van der Waals surface area contributed by atoms with Crippen LogP contribution in [0.25, 0.3) is 0 Å². The maximum atomic E-state index is 13.1.